The van der Waals surface area contributed by atoms with Gasteiger partial charge in [0.05, 0.1) is 16.6 Å². The Morgan fingerprint density at radius 2 is 2.28 bits per heavy atom. The number of nitrogens with one attached hydrogen (secondary N) is 1. The summed E-state index contributed by atoms with van der Waals surface area (Å²) in [6.45, 7) is 3.96. The minimum Gasteiger partial charge on any atom is -0.478 e. The number of ether oxygens (including phenoxy) is 1. The van der Waals surface area contributed by atoms with E-state index in [-0.39, 0.29) is 5.56 Å². The van der Waals surface area contributed by atoms with Crippen LogP contribution in [0.5, 0.6) is 0 Å². The van der Waals surface area contributed by atoms with Crippen molar-refractivity contribution >= 4 is 17.0 Å². The molecule has 2 rings (SSSR count). The molecule has 96 valence electrons. The zero-order valence-electron chi connectivity index (χ0n) is 10.7. The molecular formula is C13H16N2O3. The summed E-state index contributed by atoms with van der Waals surface area (Å²) in [5, 5.41) is 8.94. The van der Waals surface area contributed by atoms with Crippen molar-refractivity contribution in [2.24, 2.45) is 0 Å². The van der Waals surface area contributed by atoms with E-state index in [1.807, 2.05) is 13.8 Å². The topological polar surface area (TPSA) is 75.2 Å². The van der Waals surface area contributed by atoms with Crippen LogP contribution in [0.25, 0.3) is 11.0 Å². The predicted molar refractivity (Wildman–Crippen MR) is 67.7 cm³/mol. The van der Waals surface area contributed by atoms with Crippen molar-refractivity contribution in [3.05, 3.63) is 29.6 Å². The number of benzene rings is 1. The third-order valence-electron chi connectivity index (χ3n) is 3.35. The van der Waals surface area contributed by atoms with Gasteiger partial charge in [0.15, 0.2) is 0 Å². The monoisotopic (exact) mass is 248 g/mol. The number of hydrogen-bond donors (Lipinski definition) is 2. The van der Waals surface area contributed by atoms with Crippen LogP contribution in [-0.4, -0.2) is 28.2 Å². The smallest absolute Gasteiger partial charge is 0.335 e. The van der Waals surface area contributed by atoms with Gasteiger partial charge in [0, 0.05) is 7.11 Å². The van der Waals surface area contributed by atoms with Gasteiger partial charge in [-0.3, -0.25) is 0 Å². The molecule has 0 radical (unpaired) electrons. The van der Waals surface area contributed by atoms with Crippen LogP contribution >= 0.6 is 0 Å². The average molecular weight is 248 g/mol. The third-order valence-corrected chi connectivity index (χ3v) is 3.35. The van der Waals surface area contributed by atoms with Gasteiger partial charge in [-0.1, -0.05) is 6.92 Å². The van der Waals surface area contributed by atoms with E-state index in [9.17, 15) is 4.79 Å². The molecule has 1 aromatic heterocycles. The third kappa shape index (κ3) is 1.97. The maximum Gasteiger partial charge on any atom is 0.335 e. The quantitative estimate of drug-likeness (QED) is 0.871. The molecule has 0 spiro atoms. The van der Waals surface area contributed by atoms with Crippen molar-refractivity contribution in [2.75, 3.05) is 7.11 Å². The maximum atomic E-state index is 10.9. The average Bonchev–Trinajstić information content (AvgIpc) is 2.80. The summed E-state index contributed by atoms with van der Waals surface area (Å²) in [5.74, 6) is -0.233. The summed E-state index contributed by atoms with van der Waals surface area (Å²) < 4.78 is 5.47. The summed E-state index contributed by atoms with van der Waals surface area (Å²) in [6.07, 6.45) is 0.773. The molecule has 0 bridgehead atoms. The molecule has 5 nitrogen and oxygen atoms in total. The summed E-state index contributed by atoms with van der Waals surface area (Å²) in [7, 11) is 1.64. The van der Waals surface area contributed by atoms with Crippen LogP contribution < -0.4 is 0 Å². The molecule has 18 heavy (non-hydrogen) atoms. The number of methoxy groups -OCH3 is 1. The van der Waals surface area contributed by atoms with Crippen molar-refractivity contribution in [3.63, 3.8) is 0 Å². The standard InChI is InChI=1S/C13H16N2O3/c1-4-13(2,18-3)12-14-9-6-5-8(11(16)17)7-10(9)15-12/h5-7H,4H2,1-3H3,(H,14,15)(H,16,17). The number of carboxylic acids is 1. The van der Waals surface area contributed by atoms with E-state index in [0.29, 0.717) is 11.3 Å². The van der Waals surface area contributed by atoms with E-state index in [4.69, 9.17) is 9.84 Å². The Labute approximate surface area is 105 Å². The normalized spacial score (nSPS) is 14.6. The Bertz CT molecular complexity index is 585. The number of aromatic carboxylic acids is 1. The zero-order valence-corrected chi connectivity index (χ0v) is 10.7. The molecule has 0 saturated heterocycles. The van der Waals surface area contributed by atoms with Gasteiger partial charge in [0.2, 0.25) is 0 Å². The lowest BCUT2D eigenvalue weighted by molar-refractivity contribution is -0.00803. The number of H-pyrrole nitrogens is 1. The first kappa shape index (κ1) is 12.6. The van der Waals surface area contributed by atoms with E-state index in [1.54, 1.807) is 25.3 Å². The first-order valence-corrected chi connectivity index (χ1v) is 5.79. The number of hydrogen-bond acceptors (Lipinski definition) is 3. The van der Waals surface area contributed by atoms with Gasteiger partial charge >= 0.3 is 5.97 Å². The summed E-state index contributed by atoms with van der Waals surface area (Å²) in [5.41, 5.74) is 1.21. The van der Waals surface area contributed by atoms with Crippen LogP contribution in [0, 0.1) is 0 Å². The first-order valence-electron chi connectivity index (χ1n) is 5.79. The van der Waals surface area contributed by atoms with E-state index in [1.165, 1.54) is 0 Å². The first-order chi connectivity index (χ1) is 8.50. The number of carboxylic acid groups (broad SMARTS) is 1. The highest BCUT2D eigenvalue weighted by atomic mass is 16.5. The lowest BCUT2D eigenvalue weighted by atomic mass is 10.0. The Kier molecular flexibility index (Phi) is 3.09. The molecule has 0 amide bonds. The second kappa shape index (κ2) is 4.42. The van der Waals surface area contributed by atoms with Gasteiger partial charge in [-0.05, 0) is 31.5 Å². The van der Waals surface area contributed by atoms with E-state index in [2.05, 4.69) is 9.97 Å². The molecule has 2 aromatic rings. The van der Waals surface area contributed by atoms with Gasteiger partial charge in [-0.2, -0.15) is 0 Å². The molecule has 0 aliphatic carbocycles. The maximum absolute atomic E-state index is 10.9. The fourth-order valence-corrected chi connectivity index (χ4v) is 1.80. The van der Waals surface area contributed by atoms with E-state index < -0.39 is 11.6 Å². The molecule has 1 aromatic carbocycles. The second-order valence-corrected chi connectivity index (χ2v) is 4.41. The van der Waals surface area contributed by atoms with Crippen LogP contribution in [0.15, 0.2) is 18.2 Å². The molecule has 0 aliphatic heterocycles. The number of aromatic nitrogens is 2. The van der Waals surface area contributed by atoms with Crippen molar-refractivity contribution in [1.29, 1.82) is 0 Å². The zero-order chi connectivity index (χ0) is 13.3. The SMILES string of the molecule is CCC(C)(OC)c1nc2ccc(C(=O)O)cc2[nH]1. The molecule has 1 unspecified atom stereocenters. The molecule has 2 N–H and O–H groups in total. The number of rotatable bonds is 4. The molecule has 5 heteroatoms. The van der Waals surface area contributed by atoms with Crippen molar-refractivity contribution in [1.82, 2.24) is 9.97 Å². The fraction of sp³-hybridized carbons (Fsp3) is 0.385. The van der Waals surface area contributed by atoms with Crippen LogP contribution in [-0.2, 0) is 10.3 Å². The molecule has 0 saturated carbocycles. The Balaban J connectivity index is 2.53. The molecule has 1 heterocycles. The minimum absolute atomic E-state index is 0.244. The second-order valence-electron chi connectivity index (χ2n) is 4.41. The number of carbonyl (C=O) groups is 1. The summed E-state index contributed by atoms with van der Waals surface area (Å²) in [6, 6.07) is 4.83. The predicted octanol–water partition coefficient (Wildman–Crippen LogP) is 2.53. The molecular weight excluding hydrogens is 232 g/mol. The van der Waals surface area contributed by atoms with E-state index in [0.717, 1.165) is 11.9 Å². The highest BCUT2D eigenvalue weighted by molar-refractivity contribution is 5.92. The fourth-order valence-electron chi connectivity index (χ4n) is 1.80. The van der Waals surface area contributed by atoms with Crippen molar-refractivity contribution < 1.29 is 14.6 Å². The number of aromatic amines is 1. The van der Waals surface area contributed by atoms with Crippen molar-refractivity contribution in [2.45, 2.75) is 25.9 Å². The molecule has 1 atom stereocenters. The van der Waals surface area contributed by atoms with Crippen LogP contribution in [0.2, 0.25) is 0 Å². The van der Waals surface area contributed by atoms with Gasteiger partial charge in [-0.25, -0.2) is 9.78 Å². The van der Waals surface area contributed by atoms with Gasteiger partial charge in [0.1, 0.15) is 11.4 Å². The van der Waals surface area contributed by atoms with Gasteiger partial charge < -0.3 is 14.8 Å². The molecule has 0 aliphatic rings. The van der Waals surface area contributed by atoms with Crippen LogP contribution in [0.3, 0.4) is 0 Å². The van der Waals surface area contributed by atoms with E-state index >= 15 is 0 Å². The minimum atomic E-state index is -0.946. The van der Waals surface area contributed by atoms with Gasteiger partial charge in [0.25, 0.3) is 0 Å². The summed E-state index contributed by atoms with van der Waals surface area (Å²) in [4.78, 5) is 18.5. The van der Waals surface area contributed by atoms with Crippen LogP contribution in [0.1, 0.15) is 36.5 Å². The lowest BCUT2D eigenvalue weighted by Crippen LogP contribution is -2.24. The lowest BCUT2D eigenvalue weighted by Gasteiger charge is -2.23. The van der Waals surface area contributed by atoms with Crippen molar-refractivity contribution in [3.8, 4) is 0 Å². The van der Waals surface area contributed by atoms with Crippen LogP contribution in [0.4, 0.5) is 0 Å². The Morgan fingerprint density at radius 3 is 2.83 bits per heavy atom. The Morgan fingerprint density at radius 1 is 1.56 bits per heavy atom. The van der Waals surface area contributed by atoms with Gasteiger partial charge in [-0.15, -0.1) is 0 Å². The number of nitrogens with zero attached hydrogens (tertiary/aromatic N) is 1. The molecule has 0 fully saturated rings. The largest absolute Gasteiger partial charge is 0.478 e. The highest BCUT2D eigenvalue weighted by Gasteiger charge is 2.27. The number of imidazole rings is 1. The summed E-state index contributed by atoms with van der Waals surface area (Å²) >= 11 is 0. The number of fused-ring (bicyclic) bond motifs is 1. The Hall–Kier alpha value is -1.88. The highest BCUT2D eigenvalue weighted by Crippen LogP contribution is 2.27.